The highest BCUT2D eigenvalue weighted by atomic mass is 127. The van der Waals surface area contributed by atoms with Crippen LogP contribution in [0.15, 0.2) is 4.99 Å². The van der Waals surface area contributed by atoms with Crippen molar-refractivity contribution in [3.05, 3.63) is 0 Å². The van der Waals surface area contributed by atoms with Crippen LogP contribution in [0.2, 0.25) is 0 Å². The van der Waals surface area contributed by atoms with Gasteiger partial charge in [0, 0.05) is 26.7 Å². The molecule has 1 heterocycles. The summed E-state index contributed by atoms with van der Waals surface area (Å²) in [5.74, 6) is 2.54. The number of likely N-dealkylation sites (tertiary alicyclic amines) is 1. The molecule has 0 aliphatic carbocycles. The predicted molar refractivity (Wildman–Crippen MR) is 108 cm³/mol. The Morgan fingerprint density at radius 2 is 2.05 bits per heavy atom. The van der Waals surface area contributed by atoms with Gasteiger partial charge in [0.1, 0.15) is 0 Å². The summed E-state index contributed by atoms with van der Waals surface area (Å²) < 4.78 is 0. The molecule has 1 rings (SSSR count). The Labute approximate surface area is 154 Å². The molecular formula is C17H37IN4. The first-order chi connectivity index (χ1) is 10.2. The van der Waals surface area contributed by atoms with E-state index in [9.17, 15) is 0 Å². The molecule has 22 heavy (non-hydrogen) atoms. The largest absolute Gasteiger partial charge is 0.356 e. The van der Waals surface area contributed by atoms with Gasteiger partial charge in [0.05, 0.1) is 0 Å². The van der Waals surface area contributed by atoms with Crippen molar-refractivity contribution in [1.29, 1.82) is 0 Å². The third-order valence-corrected chi connectivity index (χ3v) is 4.33. The molecule has 0 saturated carbocycles. The zero-order chi connectivity index (χ0) is 15.5. The summed E-state index contributed by atoms with van der Waals surface area (Å²) in [6.45, 7) is 12.6. The number of hydrogen-bond donors (Lipinski definition) is 2. The normalized spacial score (nSPS) is 19.9. The summed E-state index contributed by atoms with van der Waals surface area (Å²) in [5.41, 5.74) is 0. The second kappa shape index (κ2) is 13.4. The van der Waals surface area contributed by atoms with Crippen molar-refractivity contribution in [3.8, 4) is 0 Å². The Bertz CT molecular complexity index is 294. The first-order valence-corrected chi connectivity index (χ1v) is 8.82. The maximum absolute atomic E-state index is 4.33. The topological polar surface area (TPSA) is 39.7 Å². The van der Waals surface area contributed by atoms with E-state index in [1.165, 1.54) is 51.7 Å². The van der Waals surface area contributed by atoms with E-state index < -0.39 is 0 Å². The number of rotatable bonds is 8. The van der Waals surface area contributed by atoms with Crippen molar-refractivity contribution >= 4 is 29.9 Å². The molecule has 1 aliphatic rings. The first kappa shape index (κ1) is 22.0. The van der Waals surface area contributed by atoms with Crippen LogP contribution in [0, 0.1) is 11.8 Å². The Morgan fingerprint density at radius 1 is 1.27 bits per heavy atom. The lowest BCUT2D eigenvalue weighted by Crippen LogP contribution is -2.44. The summed E-state index contributed by atoms with van der Waals surface area (Å²) in [7, 11) is 1.86. The van der Waals surface area contributed by atoms with Crippen molar-refractivity contribution in [1.82, 2.24) is 15.5 Å². The molecule has 1 saturated heterocycles. The summed E-state index contributed by atoms with van der Waals surface area (Å²) in [5, 5.41) is 6.93. The Hall–Kier alpha value is -0.0400. The van der Waals surface area contributed by atoms with Crippen LogP contribution >= 0.6 is 24.0 Å². The average molecular weight is 424 g/mol. The lowest BCUT2D eigenvalue weighted by Gasteiger charge is -2.32. The van der Waals surface area contributed by atoms with Crippen molar-refractivity contribution in [2.75, 3.05) is 39.8 Å². The fraction of sp³-hybridized carbons (Fsp3) is 0.941. The van der Waals surface area contributed by atoms with Crippen molar-refractivity contribution in [3.63, 3.8) is 0 Å². The van der Waals surface area contributed by atoms with Crippen LogP contribution in [0.1, 0.15) is 52.9 Å². The van der Waals surface area contributed by atoms with Crippen LogP contribution in [0.25, 0.3) is 0 Å². The molecule has 0 amide bonds. The average Bonchev–Trinajstić information content (AvgIpc) is 2.50. The number of guanidine groups is 1. The van der Waals surface area contributed by atoms with Crippen LogP contribution < -0.4 is 10.6 Å². The van der Waals surface area contributed by atoms with Gasteiger partial charge in [0.25, 0.3) is 0 Å². The number of piperidine rings is 1. The SMILES string of the molecule is CCN1CCCC(CNC(=NC)NCCCCC(C)C)C1.I. The van der Waals surface area contributed by atoms with E-state index in [-0.39, 0.29) is 24.0 Å². The summed E-state index contributed by atoms with van der Waals surface area (Å²) in [4.78, 5) is 6.88. The van der Waals surface area contributed by atoms with Gasteiger partial charge in [-0.3, -0.25) is 4.99 Å². The summed E-state index contributed by atoms with van der Waals surface area (Å²) >= 11 is 0. The highest BCUT2D eigenvalue weighted by molar-refractivity contribution is 14.0. The zero-order valence-electron chi connectivity index (χ0n) is 15.0. The maximum atomic E-state index is 4.33. The lowest BCUT2D eigenvalue weighted by molar-refractivity contribution is 0.183. The fourth-order valence-electron chi connectivity index (χ4n) is 2.95. The third kappa shape index (κ3) is 9.87. The van der Waals surface area contributed by atoms with Crippen LogP contribution in [0.4, 0.5) is 0 Å². The molecule has 132 valence electrons. The molecule has 1 atom stereocenters. The minimum atomic E-state index is 0. The van der Waals surface area contributed by atoms with Crippen LogP contribution in [0.5, 0.6) is 0 Å². The molecule has 5 heteroatoms. The Morgan fingerprint density at radius 3 is 2.68 bits per heavy atom. The molecule has 4 nitrogen and oxygen atoms in total. The highest BCUT2D eigenvalue weighted by Crippen LogP contribution is 2.15. The highest BCUT2D eigenvalue weighted by Gasteiger charge is 2.18. The van der Waals surface area contributed by atoms with E-state index in [4.69, 9.17) is 0 Å². The van der Waals surface area contributed by atoms with Gasteiger partial charge in [-0.1, -0.05) is 33.6 Å². The van der Waals surface area contributed by atoms with Gasteiger partial charge in [0.15, 0.2) is 5.96 Å². The van der Waals surface area contributed by atoms with E-state index in [1.54, 1.807) is 0 Å². The van der Waals surface area contributed by atoms with Crippen molar-refractivity contribution < 1.29 is 0 Å². The van der Waals surface area contributed by atoms with E-state index in [2.05, 4.69) is 41.3 Å². The Balaban J connectivity index is 0.00000441. The molecule has 0 aromatic carbocycles. The molecule has 0 spiro atoms. The quantitative estimate of drug-likeness (QED) is 0.272. The number of hydrogen-bond acceptors (Lipinski definition) is 2. The van der Waals surface area contributed by atoms with Gasteiger partial charge >= 0.3 is 0 Å². The molecule has 1 unspecified atom stereocenters. The summed E-state index contributed by atoms with van der Waals surface area (Å²) in [6.07, 6.45) is 6.53. The number of nitrogens with zero attached hydrogens (tertiary/aromatic N) is 2. The van der Waals surface area contributed by atoms with E-state index in [0.29, 0.717) is 0 Å². The zero-order valence-corrected chi connectivity index (χ0v) is 17.4. The summed E-state index contributed by atoms with van der Waals surface area (Å²) in [6, 6.07) is 0. The van der Waals surface area contributed by atoms with Gasteiger partial charge < -0.3 is 15.5 Å². The van der Waals surface area contributed by atoms with E-state index >= 15 is 0 Å². The van der Waals surface area contributed by atoms with Gasteiger partial charge in [-0.15, -0.1) is 24.0 Å². The fourth-order valence-corrected chi connectivity index (χ4v) is 2.95. The van der Waals surface area contributed by atoms with E-state index in [0.717, 1.165) is 30.9 Å². The molecule has 0 bridgehead atoms. The molecule has 0 aromatic rings. The second-order valence-electron chi connectivity index (χ2n) is 6.67. The van der Waals surface area contributed by atoms with Gasteiger partial charge in [0.2, 0.25) is 0 Å². The minimum absolute atomic E-state index is 0. The Kier molecular flexibility index (Phi) is 13.4. The first-order valence-electron chi connectivity index (χ1n) is 8.82. The molecule has 2 N–H and O–H groups in total. The standard InChI is InChI=1S/C17H36N4.HI/c1-5-21-12-8-10-16(14-21)13-20-17(18-4)19-11-7-6-9-15(2)3;/h15-16H,5-14H2,1-4H3,(H2,18,19,20);1H. The second-order valence-corrected chi connectivity index (χ2v) is 6.67. The molecule has 1 aliphatic heterocycles. The van der Waals surface area contributed by atoms with Crippen LogP contribution in [-0.4, -0.2) is 50.6 Å². The van der Waals surface area contributed by atoms with E-state index in [1.807, 2.05) is 7.05 Å². The van der Waals surface area contributed by atoms with Crippen LogP contribution in [-0.2, 0) is 0 Å². The van der Waals surface area contributed by atoms with Gasteiger partial charge in [-0.2, -0.15) is 0 Å². The molecule has 1 fully saturated rings. The predicted octanol–water partition coefficient (Wildman–Crippen LogP) is 3.33. The lowest BCUT2D eigenvalue weighted by atomic mass is 9.98. The number of halogens is 1. The van der Waals surface area contributed by atoms with Crippen LogP contribution in [0.3, 0.4) is 0 Å². The molecular weight excluding hydrogens is 387 g/mol. The maximum Gasteiger partial charge on any atom is 0.190 e. The minimum Gasteiger partial charge on any atom is -0.356 e. The number of unbranched alkanes of at least 4 members (excludes halogenated alkanes) is 1. The monoisotopic (exact) mass is 424 g/mol. The third-order valence-electron chi connectivity index (χ3n) is 4.33. The van der Waals surface area contributed by atoms with Gasteiger partial charge in [-0.25, -0.2) is 0 Å². The van der Waals surface area contributed by atoms with Crippen molar-refractivity contribution in [2.45, 2.75) is 52.9 Å². The number of aliphatic imine (C=N–C) groups is 1. The smallest absolute Gasteiger partial charge is 0.190 e. The van der Waals surface area contributed by atoms with Gasteiger partial charge in [-0.05, 0) is 44.2 Å². The molecule has 0 aromatic heterocycles. The van der Waals surface area contributed by atoms with Crippen molar-refractivity contribution in [2.24, 2.45) is 16.8 Å². The number of nitrogens with one attached hydrogen (secondary N) is 2. The molecule has 0 radical (unpaired) electrons.